The van der Waals surface area contributed by atoms with Gasteiger partial charge >= 0.3 is 0 Å². The molecule has 0 spiro atoms. The van der Waals surface area contributed by atoms with E-state index in [1.165, 1.54) is 31.2 Å². The van der Waals surface area contributed by atoms with Gasteiger partial charge in [-0.25, -0.2) is 4.98 Å². The molecule has 3 heteroatoms. The van der Waals surface area contributed by atoms with Crippen molar-refractivity contribution in [3.8, 4) is 0 Å². The van der Waals surface area contributed by atoms with Gasteiger partial charge in [0.1, 0.15) is 5.82 Å². The van der Waals surface area contributed by atoms with Gasteiger partial charge in [0.05, 0.1) is 0 Å². The summed E-state index contributed by atoms with van der Waals surface area (Å²) in [5, 5.41) is 0. The third-order valence-electron chi connectivity index (χ3n) is 3.68. The number of anilines is 1. The van der Waals surface area contributed by atoms with E-state index in [4.69, 9.17) is 5.73 Å². The molecule has 1 aliphatic rings. The molecule has 17 heavy (non-hydrogen) atoms. The van der Waals surface area contributed by atoms with Crippen LogP contribution in [0.2, 0.25) is 0 Å². The Kier molecular flexibility index (Phi) is 4.00. The monoisotopic (exact) mass is 233 g/mol. The summed E-state index contributed by atoms with van der Waals surface area (Å²) in [6, 6.07) is 4.77. The lowest BCUT2D eigenvalue weighted by Crippen LogP contribution is -2.40. The summed E-state index contributed by atoms with van der Waals surface area (Å²) in [6.45, 7) is 5.41. The van der Waals surface area contributed by atoms with Crippen LogP contribution in [0.15, 0.2) is 18.3 Å². The minimum Gasteiger partial charge on any atom is -0.353 e. The van der Waals surface area contributed by atoms with Gasteiger partial charge in [0.15, 0.2) is 0 Å². The summed E-state index contributed by atoms with van der Waals surface area (Å²) in [4.78, 5) is 7.03. The van der Waals surface area contributed by atoms with Crippen molar-refractivity contribution in [1.29, 1.82) is 0 Å². The number of pyridine rings is 1. The Morgan fingerprint density at radius 1 is 1.53 bits per heavy atom. The van der Waals surface area contributed by atoms with Crippen LogP contribution < -0.4 is 10.6 Å². The van der Waals surface area contributed by atoms with Gasteiger partial charge in [-0.05, 0) is 38.7 Å². The first kappa shape index (κ1) is 12.4. The molecule has 94 valence electrons. The Balaban J connectivity index is 2.31. The van der Waals surface area contributed by atoms with Crippen molar-refractivity contribution >= 4 is 5.82 Å². The Labute approximate surface area is 104 Å². The molecule has 1 aromatic heterocycles. The highest BCUT2D eigenvalue weighted by atomic mass is 15.2. The number of aromatic nitrogens is 1. The molecule has 2 rings (SSSR count). The molecule has 0 amide bonds. The number of nitrogens with zero attached hydrogens (tertiary/aromatic N) is 2. The van der Waals surface area contributed by atoms with E-state index < -0.39 is 0 Å². The van der Waals surface area contributed by atoms with Gasteiger partial charge in [-0.1, -0.05) is 13.0 Å². The van der Waals surface area contributed by atoms with Crippen LogP contribution >= 0.6 is 0 Å². The Morgan fingerprint density at radius 3 is 3.06 bits per heavy atom. The van der Waals surface area contributed by atoms with E-state index in [-0.39, 0.29) is 6.04 Å². The molecule has 0 saturated carbocycles. The van der Waals surface area contributed by atoms with Crippen molar-refractivity contribution in [2.45, 2.75) is 51.6 Å². The molecular weight excluding hydrogens is 210 g/mol. The zero-order chi connectivity index (χ0) is 12.3. The maximum Gasteiger partial charge on any atom is 0.133 e. The lowest BCUT2D eigenvalue weighted by molar-refractivity contribution is 0.445. The molecule has 1 saturated heterocycles. The molecule has 0 aliphatic carbocycles. The maximum atomic E-state index is 6.04. The highest BCUT2D eigenvalue weighted by Gasteiger charge is 2.24. The van der Waals surface area contributed by atoms with Crippen LogP contribution in [0.5, 0.6) is 0 Å². The summed E-state index contributed by atoms with van der Waals surface area (Å²) in [5.74, 6) is 1.11. The molecule has 2 unspecified atom stereocenters. The first-order chi connectivity index (χ1) is 8.24. The third-order valence-corrected chi connectivity index (χ3v) is 3.68. The quantitative estimate of drug-likeness (QED) is 0.873. The summed E-state index contributed by atoms with van der Waals surface area (Å²) < 4.78 is 0. The molecule has 3 nitrogen and oxygen atoms in total. The van der Waals surface area contributed by atoms with E-state index >= 15 is 0 Å². The molecule has 2 atom stereocenters. The second-order valence-corrected chi connectivity index (χ2v) is 4.96. The van der Waals surface area contributed by atoms with Crippen LogP contribution in [-0.2, 0) is 0 Å². The minimum atomic E-state index is 0.0538. The Hall–Kier alpha value is -1.09. The Bertz CT molecular complexity index is 362. The minimum absolute atomic E-state index is 0.0538. The van der Waals surface area contributed by atoms with Gasteiger partial charge in [-0.3, -0.25) is 0 Å². The predicted octanol–water partition coefficient (Wildman–Crippen LogP) is 2.87. The maximum absolute atomic E-state index is 6.04. The summed E-state index contributed by atoms with van der Waals surface area (Å²) in [6.07, 6.45) is 6.96. The van der Waals surface area contributed by atoms with Crippen LogP contribution in [0.25, 0.3) is 0 Å². The zero-order valence-electron chi connectivity index (χ0n) is 10.9. The SMILES string of the molecule is CCC1CCCCN1c1ncccc1C(C)N. The topological polar surface area (TPSA) is 42.2 Å². The average Bonchev–Trinajstić information content (AvgIpc) is 2.38. The molecule has 0 radical (unpaired) electrons. The molecule has 0 bridgehead atoms. The summed E-state index contributed by atoms with van der Waals surface area (Å²) in [7, 11) is 0. The summed E-state index contributed by atoms with van der Waals surface area (Å²) >= 11 is 0. The fourth-order valence-corrected chi connectivity index (χ4v) is 2.71. The van der Waals surface area contributed by atoms with E-state index in [1.807, 2.05) is 19.2 Å². The number of rotatable bonds is 3. The molecule has 2 heterocycles. The van der Waals surface area contributed by atoms with Crippen LogP contribution in [0.3, 0.4) is 0 Å². The zero-order valence-corrected chi connectivity index (χ0v) is 10.9. The van der Waals surface area contributed by atoms with Crippen LogP contribution in [0, 0.1) is 0 Å². The summed E-state index contributed by atoms with van der Waals surface area (Å²) in [5.41, 5.74) is 7.22. The lowest BCUT2D eigenvalue weighted by atomic mass is 9.98. The average molecular weight is 233 g/mol. The van der Waals surface area contributed by atoms with Crippen molar-refractivity contribution in [1.82, 2.24) is 4.98 Å². The third kappa shape index (κ3) is 2.60. The largest absolute Gasteiger partial charge is 0.353 e. The number of hydrogen-bond donors (Lipinski definition) is 1. The molecule has 1 aliphatic heterocycles. The standard InChI is InChI=1S/C14H23N3/c1-3-12-7-4-5-10-17(12)14-13(11(2)15)8-6-9-16-14/h6,8-9,11-12H,3-5,7,10,15H2,1-2H3. The molecule has 1 fully saturated rings. The molecule has 0 aromatic carbocycles. The number of hydrogen-bond acceptors (Lipinski definition) is 3. The van der Waals surface area contributed by atoms with Gasteiger partial charge < -0.3 is 10.6 Å². The van der Waals surface area contributed by atoms with Crippen molar-refractivity contribution < 1.29 is 0 Å². The van der Waals surface area contributed by atoms with Crippen molar-refractivity contribution in [3.05, 3.63) is 23.9 Å². The van der Waals surface area contributed by atoms with Crippen LogP contribution in [0.4, 0.5) is 5.82 Å². The normalized spacial score (nSPS) is 22.5. The first-order valence-electron chi connectivity index (χ1n) is 6.71. The molecular formula is C14H23N3. The second kappa shape index (κ2) is 5.50. The highest BCUT2D eigenvalue weighted by Crippen LogP contribution is 2.29. The van der Waals surface area contributed by atoms with E-state index in [2.05, 4.69) is 22.9 Å². The van der Waals surface area contributed by atoms with E-state index in [0.717, 1.165) is 12.4 Å². The smallest absolute Gasteiger partial charge is 0.133 e. The fraction of sp³-hybridized carbons (Fsp3) is 0.643. The first-order valence-corrected chi connectivity index (χ1v) is 6.71. The van der Waals surface area contributed by atoms with Crippen molar-refractivity contribution in [2.24, 2.45) is 5.73 Å². The highest BCUT2D eigenvalue weighted by molar-refractivity contribution is 5.49. The molecule has 2 N–H and O–H groups in total. The second-order valence-electron chi connectivity index (χ2n) is 4.96. The van der Waals surface area contributed by atoms with Crippen molar-refractivity contribution in [2.75, 3.05) is 11.4 Å². The van der Waals surface area contributed by atoms with Crippen LogP contribution in [-0.4, -0.2) is 17.6 Å². The van der Waals surface area contributed by atoms with Gasteiger partial charge in [-0.2, -0.15) is 0 Å². The van der Waals surface area contributed by atoms with E-state index in [0.29, 0.717) is 6.04 Å². The molecule has 1 aromatic rings. The fourth-order valence-electron chi connectivity index (χ4n) is 2.71. The lowest BCUT2D eigenvalue weighted by Gasteiger charge is -2.37. The number of nitrogens with two attached hydrogens (primary N) is 1. The van der Waals surface area contributed by atoms with Gasteiger partial charge in [0.2, 0.25) is 0 Å². The predicted molar refractivity (Wildman–Crippen MR) is 72.1 cm³/mol. The Morgan fingerprint density at radius 2 is 2.35 bits per heavy atom. The van der Waals surface area contributed by atoms with Gasteiger partial charge in [-0.15, -0.1) is 0 Å². The number of piperidine rings is 1. The van der Waals surface area contributed by atoms with Crippen molar-refractivity contribution in [3.63, 3.8) is 0 Å². The van der Waals surface area contributed by atoms with E-state index in [1.54, 1.807) is 0 Å². The van der Waals surface area contributed by atoms with Gasteiger partial charge in [0.25, 0.3) is 0 Å². The van der Waals surface area contributed by atoms with Gasteiger partial charge in [0, 0.05) is 30.4 Å². The van der Waals surface area contributed by atoms with Crippen LogP contribution in [0.1, 0.15) is 51.1 Å². The van der Waals surface area contributed by atoms with E-state index in [9.17, 15) is 0 Å².